The molecule has 1 N–H and O–H groups in total. The Bertz CT molecular complexity index is 1140. The van der Waals surface area contributed by atoms with Crippen LogP contribution in [0.25, 0.3) is 0 Å². The zero-order chi connectivity index (χ0) is 27.1. The van der Waals surface area contributed by atoms with Gasteiger partial charge in [-0.05, 0) is 18.4 Å². The fourth-order valence-electron chi connectivity index (χ4n) is 6.99. The van der Waals surface area contributed by atoms with E-state index in [1.807, 2.05) is 61.6 Å². The predicted octanol–water partition coefficient (Wildman–Crippen LogP) is 2.70. The predicted molar refractivity (Wildman–Crippen MR) is 143 cm³/mol. The van der Waals surface area contributed by atoms with Gasteiger partial charge in [-0.3, -0.25) is 14.4 Å². The smallest absolute Gasteiger partial charge is 0.249 e. The molecule has 8 nitrogen and oxygen atoms in total. The fourth-order valence-corrected chi connectivity index (χ4v) is 6.99. The van der Waals surface area contributed by atoms with Gasteiger partial charge < -0.3 is 24.5 Å². The van der Waals surface area contributed by atoms with Crippen molar-refractivity contribution < 1.29 is 24.2 Å². The number of likely N-dealkylation sites (N-methyl/N-ethyl adjacent to an activating group) is 1. The molecule has 6 atom stereocenters. The molecule has 0 radical (unpaired) electrons. The van der Waals surface area contributed by atoms with E-state index in [0.29, 0.717) is 26.1 Å². The summed E-state index contributed by atoms with van der Waals surface area (Å²) in [4.78, 5) is 47.8. The van der Waals surface area contributed by atoms with Crippen LogP contribution in [0, 0.1) is 11.8 Å². The number of carbonyl (C=O) groups is 3. The molecule has 1 aromatic carbocycles. The Labute approximate surface area is 224 Å². The summed E-state index contributed by atoms with van der Waals surface area (Å²) < 4.78 is 6.96. The Balaban J connectivity index is 1.67. The van der Waals surface area contributed by atoms with Crippen molar-refractivity contribution in [1.29, 1.82) is 0 Å². The number of rotatable bonds is 8. The van der Waals surface area contributed by atoms with Gasteiger partial charge in [0.15, 0.2) is 0 Å². The van der Waals surface area contributed by atoms with Crippen LogP contribution in [0.15, 0.2) is 54.6 Å². The van der Waals surface area contributed by atoms with Gasteiger partial charge in [0.2, 0.25) is 17.7 Å². The SMILES string of the molecule is CCCCCN1CC=C[C@]23O[C@@]4(CC)C=CCN(C)C(=O)[C@H]4[C@H]2C(=O)N([C@H](CO)c2ccccc2)C3C1=O. The molecular weight excluding hydrogens is 482 g/mol. The first-order valence-corrected chi connectivity index (χ1v) is 13.9. The second-order valence-corrected chi connectivity index (χ2v) is 11.0. The van der Waals surface area contributed by atoms with Crippen LogP contribution in [0.2, 0.25) is 0 Å². The van der Waals surface area contributed by atoms with E-state index in [9.17, 15) is 19.5 Å². The van der Waals surface area contributed by atoms with E-state index in [1.165, 1.54) is 4.90 Å². The van der Waals surface area contributed by atoms with Crippen molar-refractivity contribution in [2.45, 2.75) is 62.8 Å². The number of hydrogen-bond acceptors (Lipinski definition) is 5. The third kappa shape index (κ3) is 3.92. The summed E-state index contributed by atoms with van der Waals surface area (Å²) in [5.74, 6) is -2.31. The van der Waals surface area contributed by atoms with Crippen molar-refractivity contribution in [3.63, 3.8) is 0 Å². The third-order valence-corrected chi connectivity index (χ3v) is 8.89. The van der Waals surface area contributed by atoms with Crippen molar-refractivity contribution in [2.75, 3.05) is 33.3 Å². The number of carbonyl (C=O) groups excluding carboxylic acids is 3. The zero-order valence-corrected chi connectivity index (χ0v) is 22.6. The summed E-state index contributed by atoms with van der Waals surface area (Å²) in [6.45, 7) is 5.17. The number of amides is 3. The molecule has 5 rings (SSSR count). The summed E-state index contributed by atoms with van der Waals surface area (Å²) in [5, 5.41) is 10.6. The Hall–Kier alpha value is -2.97. The second-order valence-electron chi connectivity index (χ2n) is 11.0. The van der Waals surface area contributed by atoms with E-state index in [4.69, 9.17) is 4.74 Å². The summed E-state index contributed by atoms with van der Waals surface area (Å²) in [6.07, 6.45) is 11.1. The molecular formula is C30H39N3O5. The van der Waals surface area contributed by atoms with Crippen LogP contribution in [0.5, 0.6) is 0 Å². The van der Waals surface area contributed by atoms with E-state index in [1.54, 1.807) is 16.8 Å². The maximum absolute atomic E-state index is 14.6. The van der Waals surface area contributed by atoms with Gasteiger partial charge in [0.25, 0.3) is 0 Å². The van der Waals surface area contributed by atoms with Gasteiger partial charge >= 0.3 is 0 Å². The van der Waals surface area contributed by atoms with Crippen molar-refractivity contribution in [3.05, 3.63) is 60.2 Å². The molecule has 4 aliphatic rings. The normalized spacial score (nSPS) is 33.2. The molecule has 0 saturated carbocycles. The van der Waals surface area contributed by atoms with Crippen molar-refractivity contribution in [1.82, 2.24) is 14.7 Å². The molecule has 2 fully saturated rings. The number of aliphatic hydroxyl groups excluding tert-OH is 1. The molecule has 3 amide bonds. The lowest BCUT2D eigenvalue weighted by Crippen LogP contribution is -2.57. The summed E-state index contributed by atoms with van der Waals surface area (Å²) >= 11 is 0. The van der Waals surface area contributed by atoms with Crippen molar-refractivity contribution in [3.8, 4) is 0 Å². The van der Waals surface area contributed by atoms with Crippen LogP contribution in [0.1, 0.15) is 51.1 Å². The highest BCUT2D eigenvalue weighted by molar-refractivity contribution is 6.00. The molecule has 8 heteroatoms. The Morgan fingerprint density at radius 1 is 0.974 bits per heavy atom. The number of hydrogen-bond donors (Lipinski definition) is 1. The van der Waals surface area contributed by atoms with Crippen LogP contribution in [0.3, 0.4) is 0 Å². The number of likely N-dealkylation sites (tertiary alicyclic amines) is 1. The maximum Gasteiger partial charge on any atom is 0.249 e. The van der Waals surface area contributed by atoms with Crippen LogP contribution in [-0.4, -0.2) is 88.1 Å². The molecule has 4 heterocycles. The lowest BCUT2D eigenvalue weighted by atomic mass is 9.73. The number of nitrogens with zero attached hydrogens (tertiary/aromatic N) is 3. The van der Waals surface area contributed by atoms with E-state index >= 15 is 0 Å². The number of benzene rings is 1. The van der Waals surface area contributed by atoms with Crippen LogP contribution < -0.4 is 0 Å². The Morgan fingerprint density at radius 3 is 2.39 bits per heavy atom. The molecule has 1 unspecified atom stereocenters. The molecule has 204 valence electrons. The monoisotopic (exact) mass is 521 g/mol. The third-order valence-electron chi connectivity index (χ3n) is 8.89. The first-order valence-electron chi connectivity index (χ1n) is 13.9. The van der Waals surface area contributed by atoms with Crippen LogP contribution in [-0.2, 0) is 19.1 Å². The van der Waals surface area contributed by atoms with Gasteiger partial charge in [-0.15, -0.1) is 0 Å². The van der Waals surface area contributed by atoms with E-state index < -0.39 is 35.1 Å². The number of ether oxygens (including phenoxy) is 1. The van der Waals surface area contributed by atoms with Gasteiger partial charge in [-0.1, -0.05) is 81.3 Å². The molecule has 0 aromatic heterocycles. The number of fused-ring (bicyclic) bond motifs is 2. The molecule has 0 bridgehead atoms. The Morgan fingerprint density at radius 2 is 1.71 bits per heavy atom. The van der Waals surface area contributed by atoms with Crippen molar-refractivity contribution in [2.24, 2.45) is 11.8 Å². The first kappa shape index (κ1) is 26.6. The highest BCUT2D eigenvalue weighted by Gasteiger charge is 2.75. The molecule has 2 saturated heterocycles. The molecule has 4 aliphatic heterocycles. The Kier molecular flexibility index (Phi) is 7.22. The van der Waals surface area contributed by atoms with E-state index in [-0.39, 0.29) is 24.3 Å². The van der Waals surface area contributed by atoms with Gasteiger partial charge in [0.1, 0.15) is 11.6 Å². The standard InChI is InChI=1S/C30H39N3O5/c1-4-6-10-18-32-19-12-16-30-24(23-26(35)31(3)17-11-15-29(23,5-2)38-30)27(36)33(25(30)28(32)37)22(20-34)21-13-8-7-9-14-21/h7-9,11-16,22-25,34H,4-6,10,17-20H2,1-3H3/t22-,23-,24+,25?,29+,30+/m1/s1. The fraction of sp³-hybridized carbons (Fsp3) is 0.567. The van der Waals surface area contributed by atoms with E-state index in [0.717, 1.165) is 24.8 Å². The van der Waals surface area contributed by atoms with Crippen molar-refractivity contribution >= 4 is 17.7 Å². The van der Waals surface area contributed by atoms with Gasteiger partial charge in [-0.25, -0.2) is 0 Å². The summed E-state index contributed by atoms with van der Waals surface area (Å²) in [5.41, 5.74) is -1.56. The lowest BCUT2D eigenvalue weighted by molar-refractivity contribution is -0.157. The second kappa shape index (κ2) is 10.3. The molecule has 0 aliphatic carbocycles. The molecule has 1 aromatic rings. The van der Waals surface area contributed by atoms with Gasteiger partial charge in [0.05, 0.1) is 30.1 Å². The highest BCUT2D eigenvalue weighted by atomic mass is 16.5. The minimum absolute atomic E-state index is 0.155. The number of aliphatic hydroxyl groups is 1. The quantitative estimate of drug-likeness (QED) is 0.420. The minimum atomic E-state index is -1.31. The topological polar surface area (TPSA) is 90.4 Å². The first-order chi connectivity index (χ1) is 18.3. The summed E-state index contributed by atoms with van der Waals surface area (Å²) in [6, 6.07) is 7.57. The summed E-state index contributed by atoms with van der Waals surface area (Å²) in [7, 11) is 1.74. The zero-order valence-electron chi connectivity index (χ0n) is 22.6. The van der Waals surface area contributed by atoms with Gasteiger partial charge in [0, 0.05) is 26.7 Å². The minimum Gasteiger partial charge on any atom is -0.394 e. The highest BCUT2D eigenvalue weighted by Crippen LogP contribution is 2.59. The maximum atomic E-state index is 14.6. The van der Waals surface area contributed by atoms with Gasteiger partial charge in [-0.2, -0.15) is 0 Å². The largest absolute Gasteiger partial charge is 0.394 e. The average Bonchev–Trinajstić information content (AvgIpc) is 3.23. The lowest BCUT2D eigenvalue weighted by Gasteiger charge is -2.41. The van der Waals surface area contributed by atoms with E-state index in [2.05, 4.69) is 6.92 Å². The van der Waals surface area contributed by atoms with Crippen LogP contribution in [0.4, 0.5) is 0 Å². The average molecular weight is 522 g/mol. The number of unbranched alkanes of at least 4 members (excludes halogenated alkanes) is 2. The molecule has 38 heavy (non-hydrogen) atoms. The molecule has 1 spiro atoms. The van der Waals surface area contributed by atoms with Crippen LogP contribution >= 0.6 is 0 Å².